The van der Waals surface area contributed by atoms with E-state index in [2.05, 4.69) is 254 Å². The van der Waals surface area contributed by atoms with Crippen molar-refractivity contribution in [3.05, 3.63) is 249 Å². The predicted molar refractivity (Wildman–Crippen MR) is 280 cm³/mol. The van der Waals surface area contributed by atoms with Gasteiger partial charge >= 0.3 is 0 Å². The van der Waals surface area contributed by atoms with Crippen molar-refractivity contribution in [1.82, 2.24) is 0 Å². The summed E-state index contributed by atoms with van der Waals surface area (Å²) in [6, 6.07) is 90.5. The maximum atomic E-state index is 6.55. The third kappa shape index (κ3) is 6.42. The first kappa shape index (κ1) is 37.8. The van der Waals surface area contributed by atoms with Gasteiger partial charge in [-0.2, -0.15) is 0 Å². The Morgan fingerprint density at radius 2 is 0.803 bits per heavy atom. The molecule has 0 N–H and O–H groups in total. The lowest BCUT2D eigenvalue weighted by atomic mass is 9.89. The molecule has 0 aliphatic rings. The van der Waals surface area contributed by atoms with Gasteiger partial charge < -0.3 is 9.32 Å². The Hall–Kier alpha value is -8.72. The molecule has 0 unspecified atom stereocenters. The molecule has 0 aliphatic carbocycles. The fraction of sp³-hybridized carbons (Fsp3) is 0. The van der Waals surface area contributed by atoms with Crippen molar-refractivity contribution in [3.63, 3.8) is 0 Å². The van der Waals surface area contributed by atoms with E-state index in [9.17, 15) is 0 Å². The number of nitrogens with zero attached hydrogens (tertiary/aromatic N) is 1. The summed E-state index contributed by atoms with van der Waals surface area (Å²) in [6.07, 6.45) is 0. The third-order valence-electron chi connectivity index (χ3n) is 13.4. The minimum Gasteiger partial charge on any atom is -0.456 e. The van der Waals surface area contributed by atoms with Crippen LogP contribution >= 0.6 is 0 Å². The number of rotatable bonds is 7. The summed E-state index contributed by atoms with van der Waals surface area (Å²) in [6.45, 7) is 0. The van der Waals surface area contributed by atoms with Gasteiger partial charge in [0.25, 0.3) is 0 Å². The molecular weight excluding hydrogens is 799 g/mol. The van der Waals surface area contributed by atoms with E-state index >= 15 is 0 Å². The first-order chi connectivity index (χ1) is 32.7. The Balaban J connectivity index is 1.02. The van der Waals surface area contributed by atoms with Crippen LogP contribution in [0.2, 0.25) is 0 Å². The van der Waals surface area contributed by atoms with Crippen molar-refractivity contribution in [2.45, 2.75) is 0 Å². The standard InChI is InChI=1S/C64H41NO/c1-2-16-43(17-3-1)59-40-51(31-33-55(59)49-30-29-42-15-4-5-18-44(42)35-49)65(52-32-34-63-62(41-52)61-37-45-19-6-7-20-46(45)39-64(61)66-63)50-23-14-22-47(36-50)53-25-10-11-27-57(53)60-38-48-21-8-9-24-54(48)56-26-12-13-28-58(56)60/h1-41H. The molecule has 308 valence electrons. The Labute approximate surface area is 382 Å². The van der Waals surface area contributed by atoms with Crippen LogP contribution in [0, 0.1) is 0 Å². The number of fused-ring (bicyclic) bond motifs is 8. The third-order valence-corrected chi connectivity index (χ3v) is 13.4. The molecule has 0 atom stereocenters. The van der Waals surface area contributed by atoms with Crippen molar-refractivity contribution >= 4 is 82.1 Å². The second-order valence-corrected chi connectivity index (χ2v) is 17.3. The zero-order valence-electron chi connectivity index (χ0n) is 36.0. The highest BCUT2D eigenvalue weighted by Gasteiger charge is 2.21. The monoisotopic (exact) mass is 839 g/mol. The minimum absolute atomic E-state index is 0.867. The van der Waals surface area contributed by atoms with E-state index in [1.807, 2.05) is 0 Å². The lowest BCUT2D eigenvalue weighted by Gasteiger charge is -2.27. The van der Waals surface area contributed by atoms with E-state index in [4.69, 9.17) is 4.42 Å². The van der Waals surface area contributed by atoms with Crippen molar-refractivity contribution in [3.8, 4) is 44.5 Å². The zero-order valence-corrected chi connectivity index (χ0v) is 36.0. The molecule has 0 saturated carbocycles. The van der Waals surface area contributed by atoms with Gasteiger partial charge in [0.2, 0.25) is 0 Å². The van der Waals surface area contributed by atoms with Crippen molar-refractivity contribution in [2.75, 3.05) is 4.90 Å². The summed E-state index contributed by atoms with van der Waals surface area (Å²) in [4.78, 5) is 2.41. The van der Waals surface area contributed by atoms with Crippen LogP contribution < -0.4 is 4.90 Å². The Morgan fingerprint density at radius 3 is 1.64 bits per heavy atom. The molecule has 13 rings (SSSR count). The van der Waals surface area contributed by atoms with E-state index in [0.29, 0.717) is 0 Å². The molecule has 2 heteroatoms. The van der Waals surface area contributed by atoms with Gasteiger partial charge in [0.1, 0.15) is 11.2 Å². The molecule has 0 radical (unpaired) electrons. The number of hydrogen-bond acceptors (Lipinski definition) is 2. The molecule has 0 bridgehead atoms. The van der Waals surface area contributed by atoms with Gasteiger partial charge in [0, 0.05) is 27.8 Å². The summed E-state index contributed by atoms with van der Waals surface area (Å²) in [5.74, 6) is 0. The van der Waals surface area contributed by atoms with E-state index in [1.165, 1.54) is 76.5 Å². The van der Waals surface area contributed by atoms with Crippen molar-refractivity contribution in [2.24, 2.45) is 0 Å². The van der Waals surface area contributed by atoms with Crippen LogP contribution in [0.1, 0.15) is 0 Å². The smallest absolute Gasteiger partial charge is 0.136 e. The topological polar surface area (TPSA) is 16.4 Å². The molecule has 0 saturated heterocycles. The van der Waals surface area contributed by atoms with Crippen LogP contribution in [0.25, 0.3) is 110 Å². The van der Waals surface area contributed by atoms with Crippen LogP contribution in [0.5, 0.6) is 0 Å². The maximum absolute atomic E-state index is 6.55. The van der Waals surface area contributed by atoms with E-state index in [0.717, 1.165) is 50.1 Å². The molecule has 1 heterocycles. The number of benzene rings is 12. The summed E-state index contributed by atoms with van der Waals surface area (Å²) in [5, 5.41) is 12.0. The summed E-state index contributed by atoms with van der Waals surface area (Å²) >= 11 is 0. The van der Waals surface area contributed by atoms with Gasteiger partial charge in [-0.1, -0.05) is 182 Å². The Morgan fingerprint density at radius 1 is 0.227 bits per heavy atom. The fourth-order valence-electron chi connectivity index (χ4n) is 10.2. The fourth-order valence-corrected chi connectivity index (χ4v) is 10.2. The molecule has 13 aromatic rings. The molecule has 0 fully saturated rings. The van der Waals surface area contributed by atoms with Crippen molar-refractivity contribution in [1.29, 1.82) is 0 Å². The molecular formula is C64H41NO. The van der Waals surface area contributed by atoms with Gasteiger partial charge in [-0.3, -0.25) is 0 Å². The van der Waals surface area contributed by atoms with E-state index in [1.54, 1.807) is 0 Å². The van der Waals surface area contributed by atoms with Gasteiger partial charge in [0.15, 0.2) is 0 Å². The first-order valence-corrected chi connectivity index (χ1v) is 22.6. The normalized spacial score (nSPS) is 11.6. The van der Waals surface area contributed by atoms with Crippen molar-refractivity contribution < 1.29 is 4.42 Å². The van der Waals surface area contributed by atoms with Crippen LogP contribution in [0.4, 0.5) is 17.1 Å². The SMILES string of the molecule is c1ccc(-c2cc(N(c3cccc(-c4ccccc4-c4cc5ccccc5c5ccccc45)c3)c3ccc4oc5cc6ccccc6cc5c4c3)ccc2-c2ccc3ccccc3c2)cc1. The average Bonchev–Trinajstić information content (AvgIpc) is 3.74. The number of anilines is 3. The zero-order chi connectivity index (χ0) is 43.6. The molecule has 0 aliphatic heterocycles. The Kier molecular flexibility index (Phi) is 8.89. The Bertz CT molecular complexity index is 4010. The first-order valence-electron chi connectivity index (χ1n) is 22.6. The van der Waals surface area contributed by atoms with Crippen LogP contribution in [-0.4, -0.2) is 0 Å². The van der Waals surface area contributed by atoms with Crippen LogP contribution in [-0.2, 0) is 0 Å². The number of hydrogen-bond donors (Lipinski definition) is 0. The predicted octanol–water partition coefficient (Wildman–Crippen LogP) is 18.3. The van der Waals surface area contributed by atoms with Crippen LogP contribution in [0.15, 0.2) is 253 Å². The summed E-state index contributed by atoms with van der Waals surface area (Å²) in [7, 11) is 0. The van der Waals surface area contributed by atoms with E-state index < -0.39 is 0 Å². The largest absolute Gasteiger partial charge is 0.456 e. The lowest BCUT2D eigenvalue weighted by Crippen LogP contribution is -2.10. The molecule has 66 heavy (non-hydrogen) atoms. The van der Waals surface area contributed by atoms with Gasteiger partial charge in [0.05, 0.1) is 0 Å². The molecule has 0 amide bonds. The van der Waals surface area contributed by atoms with Gasteiger partial charge in [-0.05, 0) is 154 Å². The van der Waals surface area contributed by atoms with Crippen LogP contribution in [0.3, 0.4) is 0 Å². The highest BCUT2D eigenvalue weighted by atomic mass is 16.3. The molecule has 1 aromatic heterocycles. The average molecular weight is 840 g/mol. The molecule has 2 nitrogen and oxygen atoms in total. The molecule has 0 spiro atoms. The van der Waals surface area contributed by atoms with E-state index in [-0.39, 0.29) is 0 Å². The summed E-state index contributed by atoms with van der Waals surface area (Å²) in [5.41, 5.74) is 14.4. The van der Waals surface area contributed by atoms with Gasteiger partial charge in [-0.15, -0.1) is 0 Å². The second-order valence-electron chi connectivity index (χ2n) is 17.3. The van der Waals surface area contributed by atoms with Gasteiger partial charge in [-0.25, -0.2) is 0 Å². The minimum atomic E-state index is 0.867. The molecule has 12 aromatic carbocycles. The summed E-state index contributed by atoms with van der Waals surface area (Å²) < 4.78 is 6.55. The highest BCUT2D eigenvalue weighted by molar-refractivity contribution is 6.15. The maximum Gasteiger partial charge on any atom is 0.136 e. The highest BCUT2D eigenvalue weighted by Crippen LogP contribution is 2.45. The quantitative estimate of drug-likeness (QED) is 0.149. The number of furan rings is 1. The lowest BCUT2D eigenvalue weighted by molar-refractivity contribution is 0.669. The second kappa shape index (κ2) is 15.5.